The van der Waals surface area contributed by atoms with E-state index in [0.717, 1.165) is 0 Å². The quantitative estimate of drug-likeness (QED) is 0.883. The van der Waals surface area contributed by atoms with E-state index in [2.05, 4.69) is 5.32 Å². The Hall–Kier alpha value is -1.06. The third kappa shape index (κ3) is 4.31. The second-order valence-corrected chi connectivity index (χ2v) is 5.85. The number of aliphatic hydroxyl groups is 1. The van der Waals surface area contributed by atoms with E-state index in [9.17, 15) is 4.79 Å². The summed E-state index contributed by atoms with van der Waals surface area (Å²) in [6.45, 7) is 6.15. The number of benzene rings is 1. The van der Waals surface area contributed by atoms with Crippen LogP contribution in [-0.4, -0.2) is 23.7 Å². The number of hydrogen-bond donors (Lipinski definition) is 2. The highest BCUT2D eigenvalue weighted by Crippen LogP contribution is 2.22. The lowest BCUT2D eigenvalue weighted by Crippen LogP contribution is -2.44. The van der Waals surface area contributed by atoms with Crippen LogP contribution in [0.1, 0.15) is 37.6 Å². The number of aliphatic hydroxyl groups excluding tert-OH is 1. The van der Waals surface area contributed by atoms with E-state index in [1.807, 2.05) is 20.8 Å². The Morgan fingerprint density at radius 3 is 2.61 bits per heavy atom. The van der Waals surface area contributed by atoms with Crippen LogP contribution in [0, 0.1) is 5.41 Å². The summed E-state index contributed by atoms with van der Waals surface area (Å²) in [4.78, 5) is 12.1. The van der Waals surface area contributed by atoms with Gasteiger partial charge in [0.05, 0.1) is 0 Å². The molecule has 1 amide bonds. The van der Waals surface area contributed by atoms with Crippen LogP contribution in [0.25, 0.3) is 0 Å². The first-order chi connectivity index (χ1) is 8.34. The van der Waals surface area contributed by atoms with E-state index in [1.165, 1.54) is 0 Å². The molecule has 0 fully saturated rings. The number of amides is 1. The zero-order chi connectivity index (χ0) is 13.8. The number of carbonyl (C=O) groups excluding carboxylic acids is 1. The fraction of sp³-hybridized carbons (Fsp3) is 0.500. The van der Waals surface area contributed by atoms with Crippen molar-refractivity contribution < 1.29 is 9.90 Å². The van der Waals surface area contributed by atoms with Gasteiger partial charge in [-0.05, 0) is 30.0 Å². The molecule has 1 atom stereocenters. The van der Waals surface area contributed by atoms with Gasteiger partial charge in [-0.3, -0.25) is 4.79 Å². The number of nitrogens with one attached hydrogen (secondary N) is 1. The van der Waals surface area contributed by atoms with Crippen LogP contribution in [0.4, 0.5) is 0 Å². The number of hydrogen-bond acceptors (Lipinski definition) is 2. The van der Waals surface area contributed by atoms with Crippen molar-refractivity contribution in [3.05, 3.63) is 34.9 Å². The molecule has 2 N–H and O–H groups in total. The average Bonchev–Trinajstić information content (AvgIpc) is 2.27. The molecule has 18 heavy (non-hydrogen) atoms. The number of rotatable bonds is 4. The van der Waals surface area contributed by atoms with E-state index in [-0.39, 0.29) is 24.0 Å². The second-order valence-electron chi connectivity index (χ2n) is 5.41. The summed E-state index contributed by atoms with van der Waals surface area (Å²) in [6.07, 6.45) is 0.538. The molecular formula is C14H20ClNO2. The van der Waals surface area contributed by atoms with E-state index < -0.39 is 0 Å². The Labute approximate surface area is 113 Å². The first-order valence-electron chi connectivity index (χ1n) is 6.02. The van der Waals surface area contributed by atoms with Gasteiger partial charge in [-0.25, -0.2) is 0 Å². The van der Waals surface area contributed by atoms with Crippen molar-refractivity contribution in [2.24, 2.45) is 5.41 Å². The minimum atomic E-state index is -0.161. The Bertz CT molecular complexity index is 413. The maximum atomic E-state index is 12.1. The molecule has 0 aliphatic heterocycles. The fourth-order valence-electron chi connectivity index (χ4n) is 1.72. The summed E-state index contributed by atoms with van der Waals surface area (Å²) in [6, 6.07) is 6.76. The van der Waals surface area contributed by atoms with Gasteiger partial charge >= 0.3 is 0 Å². The Balaban J connectivity index is 2.79. The molecule has 0 spiro atoms. The second kappa shape index (κ2) is 6.21. The van der Waals surface area contributed by atoms with Gasteiger partial charge in [0, 0.05) is 23.2 Å². The summed E-state index contributed by atoms with van der Waals surface area (Å²) in [5.41, 5.74) is 0.437. The molecular weight excluding hydrogens is 250 g/mol. The van der Waals surface area contributed by atoms with Gasteiger partial charge in [0.2, 0.25) is 0 Å². The van der Waals surface area contributed by atoms with E-state index in [4.69, 9.17) is 16.7 Å². The van der Waals surface area contributed by atoms with Crippen molar-refractivity contribution in [3.8, 4) is 0 Å². The van der Waals surface area contributed by atoms with Crippen molar-refractivity contribution in [2.45, 2.75) is 33.2 Å². The smallest absolute Gasteiger partial charge is 0.251 e. The van der Waals surface area contributed by atoms with Gasteiger partial charge in [-0.2, -0.15) is 0 Å². The Morgan fingerprint density at radius 1 is 1.44 bits per heavy atom. The predicted octanol–water partition coefficient (Wildman–Crippen LogP) is 2.87. The molecule has 100 valence electrons. The molecule has 1 aromatic rings. The van der Waals surface area contributed by atoms with Crippen LogP contribution in [0.3, 0.4) is 0 Å². The van der Waals surface area contributed by atoms with Crippen LogP contribution < -0.4 is 5.32 Å². The SMILES string of the molecule is CC(C)(C)C(CCO)NC(=O)c1cccc(Cl)c1. The van der Waals surface area contributed by atoms with E-state index in [1.54, 1.807) is 24.3 Å². The van der Waals surface area contributed by atoms with Crippen LogP contribution >= 0.6 is 11.6 Å². The first-order valence-corrected chi connectivity index (χ1v) is 6.39. The average molecular weight is 270 g/mol. The number of carbonyl (C=O) groups is 1. The lowest BCUT2D eigenvalue weighted by Gasteiger charge is -2.31. The fourth-order valence-corrected chi connectivity index (χ4v) is 1.91. The topological polar surface area (TPSA) is 49.3 Å². The lowest BCUT2D eigenvalue weighted by molar-refractivity contribution is 0.0885. The molecule has 4 heteroatoms. The van der Waals surface area contributed by atoms with Crippen molar-refractivity contribution in [1.82, 2.24) is 5.32 Å². The first kappa shape index (κ1) is 15.0. The van der Waals surface area contributed by atoms with Crippen LogP contribution in [0.5, 0.6) is 0 Å². The zero-order valence-electron chi connectivity index (χ0n) is 11.0. The van der Waals surface area contributed by atoms with Gasteiger partial charge in [0.1, 0.15) is 0 Å². The molecule has 0 radical (unpaired) electrons. The zero-order valence-corrected chi connectivity index (χ0v) is 11.8. The molecule has 0 aromatic heterocycles. The van der Waals surface area contributed by atoms with Crippen molar-refractivity contribution in [1.29, 1.82) is 0 Å². The largest absolute Gasteiger partial charge is 0.396 e. The molecule has 1 unspecified atom stereocenters. The highest BCUT2D eigenvalue weighted by Gasteiger charge is 2.26. The third-order valence-electron chi connectivity index (χ3n) is 2.86. The number of halogens is 1. The van der Waals surface area contributed by atoms with Gasteiger partial charge in [0.25, 0.3) is 5.91 Å². The van der Waals surface area contributed by atoms with Crippen LogP contribution in [0.2, 0.25) is 5.02 Å². The normalized spacial score (nSPS) is 13.2. The van der Waals surface area contributed by atoms with Gasteiger partial charge in [-0.1, -0.05) is 38.4 Å². The van der Waals surface area contributed by atoms with Crippen LogP contribution in [0.15, 0.2) is 24.3 Å². The monoisotopic (exact) mass is 269 g/mol. The molecule has 0 saturated carbocycles. The maximum absolute atomic E-state index is 12.1. The summed E-state index contributed by atoms with van der Waals surface area (Å²) >= 11 is 5.86. The van der Waals surface area contributed by atoms with Gasteiger partial charge in [-0.15, -0.1) is 0 Å². The Morgan fingerprint density at radius 2 is 2.11 bits per heavy atom. The molecule has 1 rings (SSSR count). The summed E-state index contributed by atoms with van der Waals surface area (Å²) in [5.74, 6) is -0.161. The summed E-state index contributed by atoms with van der Waals surface area (Å²) < 4.78 is 0. The molecule has 1 aromatic carbocycles. The van der Waals surface area contributed by atoms with Gasteiger partial charge < -0.3 is 10.4 Å². The molecule has 0 bridgehead atoms. The van der Waals surface area contributed by atoms with Crippen molar-refractivity contribution >= 4 is 17.5 Å². The van der Waals surface area contributed by atoms with Crippen molar-refractivity contribution in [2.75, 3.05) is 6.61 Å². The Kier molecular flexibility index (Phi) is 5.17. The maximum Gasteiger partial charge on any atom is 0.251 e. The summed E-state index contributed by atoms with van der Waals surface area (Å²) in [5, 5.41) is 12.5. The van der Waals surface area contributed by atoms with Crippen LogP contribution in [-0.2, 0) is 0 Å². The third-order valence-corrected chi connectivity index (χ3v) is 3.09. The van der Waals surface area contributed by atoms with E-state index >= 15 is 0 Å². The van der Waals surface area contributed by atoms with E-state index in [0.29, 0.717) is 17.0 Å². The molecule has 0 aliphatic carbocycles. The molecule has 3 nitrogen and oxygen atoms in total. The standard InChI is InChI=1S/C14H20ClNO2/c1-14(2,3)12(7-8-17)16-13(18)10-5-4-6-11(15)9-10/h4-6,9,12,17H,7-8H2,1-3H3,(H,16,18). The highest BCUT2D eigenvalue weighted by molar-refractivity contribution is 6.30. The molecule has 0 saturated heterocycles. The van der Waals surface area contributed by atoms with Gasteiger partial charge in [0.15, 0.2) is 0 Å². The lowest BCUT2D eigenvalue weighted by atomic mass is 9.85. The highest BCUT2D eigenvalue weighted by atomic mass is 35.5. The predicted molar refractivity (Wildman–Crippen MR) is 73.9 cm³/mol. The summed E-state index contributed by atoms with van der Waals surface area (Å²) in [7, 11) is 0. The molecule has 0 heterocycles. The molecule has 0 aliphatic rings. The minimum Gasteiger partial charge on any atom is -0.396 e. The minimum absolute atomic E-state index is 0.0533. The van der Waals surface area contributed by atoms with Crippen molar-refractivity contribution in [3.63, 3.8) is 0 Å².